The van der Waals surface area contributed by atoms with Crippen LogP contribution in [0, 0.1) is 5.82 Å². The molecule has 0 aliphatic heterocycles. The zero-order valence-electron chi connectivity index (χ0n) is 9.59. The molecule has 0 saturated carbocycles. The molecule has 0 fully saturated rings. The SMILES string of the molecule is Fc1c(Cl)cc(NCCc2ccccc2)cc1Cl. The van der Waals surface area contributed by atoms with E-state index in [0.717, 1.165) is 18.7 Å². The third-order valence-corrected chi connectivity index (χ3v) is 3.12. The molecule has 94 valence electrons. The van der Waals surface area contributed by atoms with Gasteiger partial charge in [-0.15, -0.1) is 0 Å². The van der Waals surface area contributed by atoms with E-state index in [4.69, 9.17) is 23.2 Å². The van der Waals surface area contributed by atoms with Crippen molar-refractivity contribution in [2.45, 2.75) is 6.42 Å². The number of rotatable bonds is 4. The fourth-order valence-corrected chi connectivity index (χ4v) is 2.14. The van der Waals surface area contributed by atoms with Gasteiger partial charge in [-0.3, -0.25) is 0 Å². The van der Waals surface area contributed by atoms with E-state index in [0.29, 0.717) is 0 Å². The van der Waals surface area contributed by atoms with Crippen molar-refractivity contribution in [2.75, 3.05) is 11.9 Å². The highest BCUT2D eigenvalue weighted by molar-refractivity contribution is 6.35. The van der Waals surface area contributed by atoms with Gasteiger partial charge >= 0.3 is 0 Å². The van der Waals surface area contributed by atoms with Crippen molar-refractivity contribution in [1.29, 1.82) is 0 Å². The molecule has 1 nitrogen and oxygen atoms in total. The Morgan fingerprint density at radius 3 is 2.22 bits per heavy atom. The highest BCUT2D eigenvalue weighted by Crippen LogP contribution is 2.27. The Morgan fingerprint density at radius 2 is 1.61 bits per heavy atom. The summed E-state index contributed by atoms with van der Waals surface area (Å²) >= 11 is 11.4. The van der Waals surface area contributed by atoms with Gasteiger partial charge in [-0.2, -0.15) is 0 Å². The minimum Gasteiger partial charge on any atom is -0.385 e. The van der Waals surface area contributed by atoms with Gasteiger partial charge in [-0.05, 0) is 24.1 Å². The smallest absolute Gasteiger partial charge is 0.160 e. The zero-order valence-corrected chi connectivity index (χ0v) is 11.1. The maximum absolute atomic E-state index is 13.2. The van der Waals surface area contributed by atoms with Gasteiger partial charge in [0.1, 0.15) is 0 Å². The Kier molecular flexibility index (Phi) is 4.45. The van der Waals surface area contributed by atoms with Crippen molar-refractivity contribution in [3.8, 4) is 0 Å². The molecule has 0 spiro atoms. The van der Waals surface area contributed by atoms with Gasteiger partial charge in [0.15, 0.2) is 5.82 Å². The summed E-state index contributed by atoms with van der Waals surface area (Å²) in [6, 6.07) is 13.2. The largest absolute Gasteiger partial charge is 0.385 e. The number of nitrogens with one attached hydrogen (secondary N) is 1. The predicted molar refractivity (Wildman–Crippen MR) is 75.1 cm³/mol. The summed E-state index contributed by atoms with van der Waals surface area (Å²) in [5.74, 6) is -0.577. The van der Waals surface area contributed by atoms with Crippen LogP contribution in [0.4, 0.5) is 10.1 Å². The number of hydrogen-bond acceptors (Lipinski definition) is 1. The van der Waals surface area contributed by atoms with Gasteiger partial charge in [-0.25, -0.2) is 4.39 Å². The third kappa shape index (κ3) is 3.37. The van der Waals surface area contributed by atoms with Gasteiger partial charge in [-0.1, -0.05) is 53.5 Å². The molecule has 2 aromatic rings. The summed E-state index contributed by atoms with van der Waals surface area (Å²) < 4.78 is 13.2. The van der Waals surface area contributed by atoms with Gasteiger partial charge in [0.2, 0.25) is 0 Å². The summed E-state index contributed by atoms with van der Waals surface area (Å²) in [5, 5.41) is 3.23. The molecule has 4 heteroatoms. The van der Waals surface area contributed by atoms with Gasteiger partial charge in [0, 0.05) is 12.2 Å². The molecule has 0 heterocycles. The molecule has 0 aromatic heterocycles. The van der Waals surface area contributed by atoms with Crippen LogP contribution in [0.15, 0.2) is 42.5 Å². The summed E-state index contributed by atoms with van der Waals surface area (Å²) in [6.45, 7) is 0.738. The molecule has 2 aromatic carbocycles. The van der Waals surface area contributed by atoms with Crippen molar-refractivity contribution in [3.63, 3.8) is 0 Å². The van der Waals surface area contributed by atoms with Crippen molar-refractivity contribution < 1.29 is 4.39 Å². The molecule has 0 bridgehead atoms. The van der Waals surface area contributed by atoms with Crippen molar-refractivity contribution in [3.05, 3.63) is 63.9 Å². The first-order chi connectivity index (χ1) is 8.66. The van der Waals surface area contributed by atoms with Crippen LogP contribution in [0.5, 0.6) is 0 Å². The maximum atomic E-state index is 13.2. The van der Waals surface area contributed by atoms with Crippen LogP contribution < -0.4 is 5.32 Å². The fraction of sp³-hybridized carbons (Fsp3) is 0.143. The molecule has 0 saturated heterocycles. The molecule has 0 atom stereocenters. The van der Waals surface area contributed by atoms with E-state index in [9.17, 15) is 4.39 Å². The molecule has 2 rings (SSSR count). The number of anilines is 1. The molecule has 0 aliphatic rings. The summed E-state index contributed by atoms with van der Waals surface area (Å²) in [5.41, 5.74) is 1.96. The minimum atomic E-state index is -0.577. The second kappa shape index (κ2) is 6.07. The molecular formula is C14H12Cl2FN. The minimum absolute atomic E-state index is 0.0321. The quantitative estimate of drug-likeness (QED) is 0.796. The molecule has 0 aliphatic carbocycles. The van der Waals surface area contributed by atoms with Crippen LogP contribution in [0.1, 0.15) is 5.56 Å². The van der Waals surface area contributed by atoms with Crippen LogP contribution in [-0.2, 0) is 6.42 Å². The van der Waals surface area contributed by atoms with E-state index in [1.807, 2.05) is 18.2 Å². The van der Waals surface area contributed by atoms with Crippen molar-refractivity contribution >= 4 is 28.9 Å². The average molecular weight is 284 g/mol. The molecule has 0 radical (unpaired) electrons. The Bertz CT molecular complexity index is 506. The summed E-state index contributed by atoms with van der Waals surface area (Å²) in [4.78, 5) is 0. The van der Waals surface area contributed by atoms with E-state index < -0.39 is 5.82 Å². The zero-order chi connectivity index (χ0) is 13.0. The normalized spacial score (nSPS) is 10.4. The second-order valence-electron chi connectivity index (χ2n) is 3.92. The highest BCUT2D eigenvalue weighted by atomic mass is 35.5. The van der Waals surface area contributed by atoms with E-state index in [2.05, 4.69) is 17.4 Å². The number of hydrogen-bond donors (Lipinski definition) is 1. The van der Waals surface area contributed by atoms with Crippen LogP contribution in [-0.4, -0.2) is 6.54 Å². The Balaban J connectivity index is 1.95. The predicted octanol–water partition coefficient (Wildman–Crippen LogP) is 4.79. The standard InChI is InChI=1S/C14H12Cl2FN/c15-12-8-11(9-13(16)14(12)17)18-7-6-10-4-2-1-3-5-10/h1-5,8-9,18H,6-7H2. The van der Waals surface area contributed by atoms with Crippen molar-refractivity contribution in [2.24, 2.45) is 0 Å². The first kappa shape index (κ1) is 13.2. The van der Waals surface area contributed by atoms with E-state index in [-0.39, 0.29) is 10.0 Å². The first-order valence-corrected chi connectivity index (χ1v) is 6.35. The second-order valence-corrected chi connectivity index (χ2v) is 4.73. The van der Waals surface area contributed by atoms with Gasteiger partial charge in [0.25, 0.3) is 0 Å². The summed E-state index contributed by atoms with van der Waals surface area (Å²) in [6.07, 6.45) is 0.882. The van der Waals surface area contributed by atoms with Gasteiger partial charge in [0.05, 0.1) is 10.0 Å². The van der Waals surface area contributed by atoms with E-state index in [1.165, 1.54) is 17.7 Å². The molecule has 1 N–H and O–H groups in total. The van der Waals surface area contributed by atoms with Crippen LogP contribution in [0.2, 0.25) is 10.0 Å². The number of halogens is 3. The van der Waals surface area contributed by atoms with Gasteiger partial charge < -0.3 is 5.32 Å². The van der Waals surface area contributed by atoms with Crippen molar-refractivity contribution in [1.82, 2.24) is 0 Å². The molecule has 0 unspecified atom stereocenters. The van der Waals surface area contributed by atoms with Crippen LogP contribution in [0.25, 0.3) is 0 Å². The average Bonchev–Trinajstić information content (AvgIpc) is 2.37. The lowest BCUT2D eigenvalue weighted by Gasteiger charge is -2.08. The lowest BCUT2D eigenvalue weighted by atomic mass is 10.1. The van der Waals surface area contributed by atoms with E-state index >= 15 is 0 Å². The molecule has 0 amide bonds. The molecule has 18 heavy (non-hydrogen) atoms. The Labute approximate surface area is 116 Å². The molecular weight excluding hydrogens is 272 g/mol. The Hall–Kier alpha value is -1.25. The lowest BCUT2D eigenvalue weighted by molar-refractivity contribution is 0.629. The fourth-order valence-electron chi connectivity index (χ4n) is 1.65. The Morgan fingerprint density at radius 1 is 1.00 bits per heavy atom. The number of benzene rings is 2. The third-order valence-electron chi connectivity index (χ3n) is 2.57. The lowest BCUT2D eigenvalue weighted by Crippen LogP contribution is -2.05. The summed E-state index contributed by atoms with van der Waals surface area (Å²) in [7, 11) is 0. The first-order valence-electron chi connectivity index (χ1n) is 5.59. The maximum Gasteiger partial charge on any atom is 0.160 e. The highest BCUT2D eigenvalue weighted by Gasteiger charge is 2.06. The topological polar surface area (TPSA) is 12.0 Å². The van der Waals surface area contributed by atoms with E-state index in [1.54, 1.807) is 0 Å². The van der Waals surface area contributed by atoms with Crippen LogP contribution >= 0.6 is 23.2 Å². The monoisotopic (exact) mass is 283 g/mol. The van der Waals surface area contributed by atoms with Crippen LogP contribution in [0.3, 0.4) is 0 Å².